The molecule has 3 N–H and O–H groups in total. The molecule has 2 fully saturated rings. The summed E-state index contributed by atoms with van der Waals surface area (Å²) in [5.74, 6) is -0.106. The van der Waals surface area contributed by atoms with E-state index in [1.165, 1.54) is 0 Å². The predicted molar refractivity (Wildman–Crippen MR) is 136 cm³/mol. The van der Waals surface area contributed by atoms with E-state index in [0.717, 1.165) is 50.4 Å². The van der Waals surface area contributed by atoms with Gasteiger partial charge in [0.15, 0.2) is 0 Å². The monoisotopic (exact) mass is 499 g/mol. The SMILES string of the molecule is Cc1ccc(S(=O)(=O)Nc2cc(C(=O)NCCCN3CCCC3=O)ccc2N2CCNCC2)cc1. The fourth-order valence-electron chi connectivity index (χ4n) is 4.38. The summed E-state index contributed by atoms with van der Waals surface area (Å²) in [6, 6.07) is 11.8. The maximum absolute atomic E-state index is 13.1. The molecule has 2 aromatic carbocycles. The number of piperazine rings is 1. The van der Waals surface area contributed by atoms with Crippen molar-refractivity contribution in [1.82, 2.24) is 15.5 Å². The van der Waals surface area contributed by atoms with Crippen molar-refractivity contribution in [3.8, 4) is 0 Å². The number of carbonyl (C=O) groups is 2. The number of hydrogen-bond donors (Lipinski definition) is 3. The highest BCUT2D eigenvalue weighted by Crippen LogP contribution is 2.30. The second-order valence-electron chi connectivity index (χ2n) is 8.98. The first kappa shape index (κ1) is 25.0. The number of rotatable bonds is 9. The molecule has 2 aromatic rings. The van der Waals surface area contributed by atoms with Crippen molar-refractivity contribution in [2.24, 2.45) is 0 Å². The van der Waals surface area contributed by atoms with Crippen LogP contribution in [0, 0.1) is 6.92 Å². The molecule has 35 heavy (non-hydrogen) atoms. The van der Waals surface area contributed by atoms with Crippen LogP contribution < -0.4 is 20.3 Å². The molecule has 0 spiro atoms. The summed E-state index contributed by atoms with van der Waals surface area (Å²) in [5.41, 5.74) is 2.47. The first-order valence-electron chi connectivity index (χ1n) is 12.1. The van der Waals surface area contributed by atoms with Crippen molar-refractivity contribution in [1.29, 1.82) is 0 Å². The number of aryl methyl sites for hydroxylation is 1. The van der Waals surface area contributed by atoms with Crippen LogP contribution in [0.15, 0.2) is 47.4 Å². The lowest BCUT2D eigenvalue weighted by molar-refractivity contribution is -0.127. The molecule has 9 nitrogen and oxygen atoms in total. The van der Waals surface area contributed by atoms with E-state index in [4.69, 9.17) is 0 Å². The molecule has 0 bridgehead atoms. The fourth-order valence-corrected chi connectivity index (χ4v) is 5.44. The van der Waals surface area contributed by atoms with Crippen LogP contribution in [0.2, 0.25) is 0 Å². The highest BCUT2D eigenvalue weighted by Gasteiger charge is 2.22. The van der Waals surface area contributed by atoms with Gasteiger partial charge in [-0.15, -0.1) is 0 Å². The maximum atomic E-state index is 13.1. The molecule has 0 atom stereocenters. The molecule has 10 heteroatoms. The van der Waals surface area contributed by atoms with E-state index in [1.54, 1.807) is 42.5 Å². The third-order valence-corrected chi connectivity index (χ3v) is 7.74. The fraction of sp³-hybridized carbons (Fsp3) is 0.440. The number of hydrogen-bond acceptors (Lipinski definition) is 6. The molecule has 2 amide bonds. The van der Waals surface area contributed by atoms with Gasteiger partial charge in [-0.2, -0.15) is 0 Å². The van der Waals surface area contributed by atoms with E-state index < -0.39 is 10.0 Å². The average molecular weight is 500 g/mol. The Bertz CT molecular complexity index is 1160. The average Bonchev–Trinajstić information content (AvgIpc) is 3.26. The molecule has 2 aliphatic rings. The Morgan fingerprint density at radius 3 is 2.49 bits per heavy atom. The lowest BCUT2D eigenvalue weighted by atomic mass is 10.1. The quantitative estimate of drug-likeness (QED) is 0.455. The molecule has 2 heterocycles. The maximum Gasteiger partial charge on any atom is 0.261 e. The van der Waals surface area contributed by atoms with Gasteiger partial charge in [0.1, 0.15) is 0 Å². The summed E-state index contributed by atoms with van der Waals surface area (Å²) in [6.45, 7) is 6.81. The summed E-state index contributed by atoms with van der Waals surface area (Å²) >= 11 is 0. The van der Waals surface area contributed by atoms with Crippen molar-refractivity contribution < 1.29 is 18.0 Å². The smallest absolute Gasteiger partial charge is 0.261 e. The Balaban J connectivity index is 1.49. The van der Waals surface area contributed by atoms with Crippen molar-refractivity contribution in [3.05, 3.63) is 53.6 Å². The minimum Gasteiger partial charge on any atom is -0.367 e. The number of nitrogens with zero attached hydrogens (tertiary/aromatic N) is 2. The molecular weight excluding hydrogens is 466 g/mol. The largest absolute Gasteiger partial charge is 0.367 e. The zero-order valence-electron chi connectivity index (χ0n) is 20.0. The van der Waals surface area contributed by atoms with Gasteiger partial charge in [0, 0.05) is 57.8 Å². The van der Waals surface area contributed by atoms with Crippen molar-refractivity contribution in [2.45, 2.75) is 31.1 Å². The van der Waals surface area contributed by atoms with E-state index in [-0.39, 0.29) is 16.7 Å². The molecule has 0 aromatic heterocycles. The highest BCUT2D eigenvalue weighted by molar-refractivity contribution is 7.92. The minimum atomic E-state index is -3.83. The van der Waals surface area contributed by atoms with Crippen LogP contribution in [0.4, 0.5) is 11.4 Å². The summed E-state index contributed by atoms with van der Waals surface area (Å²) < 4.78 is 28.9. The Labute approximate surface area is 206 Å². The number of anilines is 2. The molecule has 188 valence electrons. The Hall–Kier alpha value is -3.11. The lowest BCUT2D eigenvalue weighted by Crippen LogP contribution is -2.43. The molecule has 0 radical (unpaired) electrons. The first-order chi connectivity index (χ1) is 16.8. The van der Waals surface area contributed by atoms with Crippen LogP contribution >= 0.6 is 0 Å². The van der Waals surface area contributed by atoms with Crippen LogP contribution in [-0.2, 0) is 14.8 Å². The van der Waals surface area contributed by atoms with Crippen LogP contribution in [0.5, 0.6) is 0 Å². The van der Waals surface area contributed by atoms with Gasteiger partial charge in [-0.1, -0.05) is 17.7 Å². The topological polar surface area (TPSA) is 111 Å². The van der Waals surface area contributed by atoms with Gasteiger partial charge in [0.25, 0.3) is 15.9 Å². The highest BCUT2D eigenvalue weighted by atomic mass is 32.2. The molecule has 0 saturated carbocycles. The summed E-state index contributed by atoms with van der Waals surface area (Å²) in [4.78, 5) is 28.7. The molecule has 2 aliphatic heterocycles. The van der Waals surface area contributed by atoms with Crippen LogP contribution in [-0.4, -0.2) is 70.9 Å². The van der Waals surface area contributed by atoms with Crippen LogP contribution in [0.1, 0.15) is 35.2 Å². The normalized spacial score (nSPS) is 16.4. The van der Waals surface area contributed by atoms with E-state index in [0.29, 0.717) is 37.2 Å². The Kier molecular flexibility index (Phi) is 7.92. The number of benzene rings is 2. The van der Waals surface area contributed by atoms with E-state index in [1.807, 2.05) is 11.8 Å². The number of likely N-dealkylation sites (tertiary alicyclic amines) is 1. The predicted octanol–water partition coefficient (Wildman–Crippen LogP) is 1.95. The van der Waals surface area contributed by atoms with E-state index >= 15 is 0 Å². The number of amides is 2. The number of carbonyl (C=O) groups excluding carboxylic acids is 2. The van der Waals surface area contributed by atoms with Gasteiger partial charge in [0.05, 0.1) is 16.3 Å². The second-order valence-corrected chi connectivity index (χ2v) is 10.7. The third-order valence-electron chi connectivity index (χ3n) is 6.35. The lowest BCUT2D eigenvalue weighted by Gasteiger charge is -2.31. The molecule has 4 rings (SSSR count). The Morgan fingerprint density at radius 2 is 1.80 bits per heavy atom. The minimum absolute atomic E-state index is 0.167. The second kappa shape index (κ2) is 11.1. The molecule has 2 saturated heterocycles. The van der Waals surface area contributed by atoms with Gasteiger partial charge in [0.2, 0.25) is 5.91 Å². The van der Waals surface area contributed by atoms with Gasteiger partial charge in [-0.3, -0.25) is 14.3 Å². The molecule has 0 unspecified atom stereocenters. The van der Waals surface area contributed by atoms with Gasteiger partial charge in [-0.25, -0.2) is 8.42 Å². The number of sulfonamides is 1. The van der Waals surface area contributed by atoms with E-state index in [9.17, 15) is 18.0 Å². The zero-order valence-corrected chi connectivity index (χ0v) is 20.9. The summed E-state index contributed by atoms with van der Waals surface area (Å²) in [6.07, 6.45) is 2.17. The Morgan fingerprint density at radius 1 is 1.06 bits per heavy atom. The van der Waals surface area contributed by atoms with Crippen LogP contribution in [0.3, 0.4) is 0 Å². The first-order valence-corrected chi connectivity index (χ1v) is 13.6. The zero-order chi connectivity index (χ0) is 24.8. The van der Waals surface area contributed by atoms with Crippen LogP contribution in [0.25, 0.3) is 0 Å². The van der Waals surface area contributed by atoms with Crippen molar-refractivity contribution in [2.75, 3.05) is 55.4 Å². The van der Waals surface area contributed by atoms with Crippen molar-refractivity contribution in [3.63, 3.8) is 0 Å². The van der Waals surface area contributed by atoms with Gasteiger partial charge >= 0.3 is 0 Å². The molecule has 0 aliphatic carbocycles. The van der Waals surface area contributed by atoms with Gasteiger partial charge < -0.3 is 20.4 Å². The molecular formula is C25H33N5O4S. The third kappa shape index (κ3) is 6.32. The van der Waals surface area contributed by atoms with Crippen molar-refractivity contribution >= 4 is 33.2 Å². The standard InChI is InChI=1S/C25H33N5O4S/c1-19-5-8-21(9-6-19)35(33,34)28-22-18-20(7-10-23(22)29-16-12-26-13-17-29)25(32)27-11-3-15-30-14-2-4-24(30)31/h5-10,18,26,28H,2-4,11-17H2,1H3,(H,27,32). The van der Waals surface area contributed by atoms with E-state index in [2.05, 4.69) is 20.3 Å². The number of nitrogens with one attached hydrogen (secondary N) is 3. The van der Waals surface area contributed by atoms with Gasteiger partial charge in [-0.05, 0) is 50.1 Å². The summed E-state index contributed by atoms with van der Waals surface area (Å²) in [7, 11) is -3.83. The summed E-state index contributed by atoms with van der Waals surface area (Å²) in [5, 5.41) is 6.18.